The molecule has 0 aliphatic carbocycles. The fraction of sp³-hybridized carbons (Fsp3) is 0.333. The lowest BCUT2D eigenvalue weighted by Crippen LogP contribution is -2.39. The lowest BCUT2D eigenvalue weighted by Gasteiger charge is -2.32. The summed E-state index contributed by atoms with van der Waals surface area (Å²) in [5.74, 6) is -0.476. The summed E-state index contributed by atoms with van der Waals surface area (Å²) in [4.78, 5) is 26.7. The number of thioether (sulfide) groups is 1. The van der Waals surface area contributed by atoms with Gasteiger partial charge in [0, 0.05) is 30.1 Å². The Morgan fingerprint density at radius 3 is 2.69 bits per heavy atom. The molecule has 1 saturated heterocycles. The molecular weight excluding hydrogens is 443 g/mol. The quantitative estimate of drug-likeness (QED) is 0.586. The van der Waals surface area contributed by atoms with Crippen molar-refractivity contribution >= 4 is 29.2 Å². The number of alkyl halides is 3. The van der Waals surface area contributed by atoms with Crippen LogP contribution in [0.15, 0.2) is 47.5 Å². The van der Waals surface area contributed by atoms with E-state index >= 15 is 0 Å². The molecule has 168 valence electrons. The minimum absolute atomic E-state index is 0.0557. The van der Waals surface area contributed by atoms with Crippen LogP contribution in [0, 0.1) is 0 Å². The number of benzene rings is 1. The van der Waals surface area contributed by atoms with E-state index in [9.17, 15) is 22.8 Å². The summed E-state index contributed by atoms with van der Waals surface area (Å²) in [5.41, 5.74) is 5.23. The third kappa shape index (κ3) is 4.57. The van der Waals surface area contributed by atoms with Crippen molar-refractivity contribution in [1.29, 1.82) is 0 Å². The molecule has 3 aromatic rings. The van der Waals surface area contributed by atoms with Crippen molar-refractivity contribution in [2.45, 2.75) is 29.8 Å². The molecule has 1 atom stereocenters. The highest BCUT2D eigenvalue weighted by Crippen LogP contribution is 2.32. The number of likely N-dealkylation sites (tertiary alicyclic amines) is 1. The number of halogens is 3. The number of piperidine rings is 1. The van der Waals surface area contributed by atoms with Gasteiger partial charge in [-0.1, -0.05) is 12.1 Å². The Morgan fingerprint density at radius 1 is 1.16 bits per heavy atom. The first-order chi connectivity index (χ1) is 15.2. The van der Waals surface area contributed by atoms with Crippen molar-refractivity contribution in [2.75, 3.05) is 18.8 Å². The largest absolute Gasteiger partial charge is 0.417 e. The van der Waals surface area contributed by atoms with Crippen LogP contribution in [0.25, 0.3) is 5.65 Å². The predicted molar refractivity (Wildman–Crippen MR) is 112 cm³/mol. The van der Waals surface area contributed by atoms with E-state index in [0.717, 1.165) is 12.3 Å². The fourth-order valence-corrected chi connectivity index (χ4v) is 4.60. The van der Waals surface area contributed by atoms with Crippen molar-refractivity contribution in [3.8, 4) is 0 Å². The molecule has 0 bridgehead atoms. The highest BCUT2D eigenvalue weighted by molar-refractivity contribution is 8.00. The van der Waals surface area contributed by atoms with Crippen LogP contribution < -0.4 is 5.73 Å². The Balaban J connectivity index is 1.58. The third-order valence-corrected chi connectivity index (χ3v) is 6.41. The zero-order valence-electron chi connectivity index (χ0n) is 16.9. The van der Waals surface area contributed by atoms with Crippen LogP contribution in [0.3, 0.4) is 0 Å². The number of aromatic nitrogens is 3. The molecule has 1 aliphatic heterocycles. The molecule has 3 heterocycles. The second-order valence-electron chi connectivity index (χ2n) is 7.54. The van der Waals surface area contributed by atoms with E-state index in [4.69, 9.17) is 5.73 Å². The monoisotopic (exact) mass is 463 g/mol. The van der Waals surface area contributed by atoms with Gasteiger partial charge in [-0.15, -0.1) is 22.0 Å². The van der Waals surface area contributed by atoms with Crippen molar-refractivity contribution < 1.29 is 22.8 Å². The zero-order valence-corrected chi connectivity index (χ0v) is 17.7. The molecule has 1 aromatic carbocycles. The summed E-state index contributed by atoms with van der Waals surface area (Å²) in [6.45, 7) is 0.833. The Bertz CT molecular complexity index is 1160. The smallest absolute Gasteiger partial charge is 0.369 e. The van der Waals surface area contributed by atoms with E-state index in [1.165, 1.54) is 22.2 Å². The van der Waals surface area contributed by atoms with Crippen LogP contribution >= 0.6 is 11.8 Å². The van der Waals surface area contributed by atoms with Crippen molar-refractivity contribution in [3.63, 3.8) is 0 Å². The minimum atomic E-state index is -4.48. The van der Waals surface area contributed by atoms with Crippen molar-refractivity contribution in [3.05, 3.63) is 59.5 Å². The van der Waals surface area contributed by atoms with E-state index < -0.39 is 17.6 Å². The number of amides is 2. The van der Waals surface area contributed by atoms with Gasteiger partial charge < -0.3 is 10.6 Å². The molecule has 1 unspecified atom stereocenters. The van der Waals surface area contributed by atoms with Gasteiger partial charge in [-0.2, -0.15) is 13.2 Å². The van der Waals surface area contributed by atoms with Gasteiger partial charge in [0.15, 0.2) is 5.65 Å². The topological polar surface area (TPSA) is 93.6 Å². The number of nitrogens with two attached hydrogens (primary N) is 1. The predicted octanol–water partition coefficient (Wildman–Crippen LogP) is 3.35. The lowest BCUT2D eigenvalue weighted by molar-refractivity contribution is -0.137. The fourth-order valence-electron chi connectivity index (χ4n) is 3.82. The summed E-state index contributed by atoms with van der Waals surface area (Å²) < 4.78 is 40.9. The van der Waals surface area contributed by atoms with Crippen LogP contribution in [0.1, 0.15) is 40.5 Å². The molecule has 1 fully saturated rings. The van der Waals surface area contributed by atoms with E-state index in [0.29, 0.717) is 47.9 Å². The van der Waals surface area contributed by atoms with Crippen molar-refractivity contribution in [2.24, 2.45) is 5.73 Å². The van der Waals surface area contributed by atoms with Crippen LogP contribution in [0.2, 0.25) is 0 Å². The first kappa shape index (κ1) is 22.1. The van der Waals surface area contributed by atoms with Crippen LogP contribution in [-0.2, 0) is 11.0 Å². The van der Waals surface area contributed by atoms with Crippen LogP contribution in [0.4, 0.5) is 13.2 Å². The van der Waals surface area contributed by atoms with Gasteiger partial charge in [0.1, 0.15) is 5.82 Å². The number of hydrogen-bond donors (Lipinski definition) is 1. The summed E-state index contributed by atoms with van der Waals surface area (Å²) in [7, 11) is 0. The number of rotatable bonds is 5. The molecule has 0 spiro atoms. The third-order valence-electron chi connectivity index (χ3n) is 5.32. The Morgan fingerprint density at radius 2 is 1.94 bits per heavy atom. The van der Waals surface area contributed by atoms with Crippen LogP contribution in [-0.4, -0.2) is 50.2 Å². The summed E-state index contributed by atoms with van der Waals surface area (Å²) in [5, 5.41) is 8.12. The molecule has 2 aromatic heterocycles. The number of carbonyl (C=O) groups excluding carboxylic acids is 2. The van der Waals surface area contributed by atoms with Gasteiger partial charge in [-0.05, 0) is 37.1 Å². The molecule has 2 N–H and O–H groups in total. The molecule has 0 radical (unpaired) electrons. The second kappa shape index (κ2) is 8.81. The first-order valence-electron chi connectivity index (χ1n) is 9.95. The number of pyridine rings is 1. The molecule has 32 heavy (non-hydrogen) atoms. The minimum Gasteiger partial charge on any atom is -0.369 e. The number of nitrogens with zero attached hydrogens (tertiary/aromatic N) is 4. The summed E-state index contributed by atoms with van der Waals surface area (Å²) in [6, 6.07) is 9.24. The van der Waals surface area contributed by atoms with Gasteiger partial charge in [-0.3, -0.25) is 14.0 Å². The van der Waals surface area contributed by atoms with Crippen molar-refractivity contribution in [1.82, 2.24) is 19.5 Å². The maximum atomic E-state index is 13.2. The zero-order chi connectivity index (χ0) is 22.9. The Kier molecular flexibility index (Phi) is 6.09. The highest BCUT2D eigenvalue weighted by Gasteiger charge is 2.33. The number of primary amides is 1. The SMILES string of the molecule is NC(=O)CSc1ccccc1C(=O)N1CCCC(c2nnc3ccc(C(F)(F)F)cn23)C1. The average molecular weight is 463 g/mol. The molecule has 0 saturated carbocycles. The normalized spacial score (nSPS) is 17.0. The standard InChI is InChI=1S/C21H20F3N5O2S/c22-21(23,24)14-7-8-18-26-27-19(29(18)11-14)13-4-3-9-28(10-13)20(31)15-5-1-2-6-16(15)32-12-17(25)30/h1-2,5-8,11,13H,3-4,9-10,12H2,(H2,25,30). The molecular formula is C21H20F3N5O2S. The van der Waals surface area contributed by atoms with Gasteiger partial charge >= 0.3 is 6.18 Å². The lowest BCUT2D eigenvalue weighted by atomic mass is 9.96. The maximum Gasteiger partial charge on any atom is 0.417 e. The van der Waals surface area contributed by atoms with Crippen LogP contribution in [0.5, 0.6) is 0 Å². The van der Waals surface area contributed by atoms with Gasteiger partial charge in [0.05, 0.1) is 16.9 Å². The number of carbonyl (C=O) groups is 2. The van der Waals surface area contributed by atoms with Gasteiger partial charge in [0.2, 0.25) is 5.91 Å². The first-order valence-corrected chi connectivity index (χ1v) is 10.9. The molecule has 7 nitrogen and oxygen atoms in total. The van der Waals surface area contributed by atoms with Gasteiger partial charge in [-0.25, -0.2) is 0 Å². The Labute approximate surface area is 185 Å². The maximum absolute atomic E-state index is 13.2. The van der Waals surface area contributed by atoms with E-state index in [2.05, 4.69) is 10.2 Å². The molecule has 1 aliphatic rings. The molecule has 11 heteroatoms. The Hall–Kier alpha value is -3.08. The molecule has 4 rings (SSSR count). The summed E-state index contributed by atoms with van der Waals surface area (Å²) >= 11 is 1.20. The number of fused-ring (bicyclic) bond motifs is 1. The molecule has 2 amide bonds. The highest BCUT2D eigenvalue weighted by atomic mass is 32.2. The van der Waals surface area contributed by atoms with Gasteiger partial charge in [0.25, 0.3) is 5.91 Å². The number of hydrogen-bond acceptors (Lipinski definition) is 5. The van der Waals surface area contributed by atoms with E-state index in [-0.39, 0.29) is 17.6 Å². The summed E-state index contributed by atoms with van der Waals surface area (Å²) in [6.07, 6.45) is -2.11. The average Bonchev–Trinajstić information content (AvgIpc) is 3.20. The van der Waals surface area contributed by atoms with E-state index in [1.54, 1.807) is 29.2 Å². The van der Waals surface area contributed by atoms with E-state index in [1.807, 2.05) is 0 Å². The second-order valence-corrected chi connectivity index (χ2v) is 8.56.